The second kappa shape index (κ2) is 85.6. The van der Waals surface area contributed by atoms with Crippen LogP contribution >= 0.6 is 0 Å². The summed E-state index contributed by atoms with van der Waals surface area (Å²) >= 11 is 0. The SMILES string of the molecule is C=C(C)CCCCCCCCCCCCCCC.C=C(C)CCCCCCCCCCCCCCCCC.C=C(CC)C(C)C(C)(C(=C)CCCCCCCCCCCCCCCCC)C(C)C(=C)CCCCCCCCCCCCCCC.CCC(C)CCC(C)(C)CC.[H-].[H-].[Na+].[Na+]. The Labute approximate surface area is 666 Å². The van der Waals surface area contributed by atoms with Crippen molar-refractivity contribution in [3.05, 3.63) is 60.8 Å². The summed E-state index contributed by atoms with van der Waals surface area (Å²) in [5.74, 6) is 1.81. The molecule has 4 unspecified atom stereocenters. The van der Waals surface area contributed by atoms with E-state index in [0.717, 1.165) is 18.8 Å². The molecule has 97 heavy (non-hydrogen) atoms. The van der Waals surface area contributed by atoms with Crippen LogP contribution in [0.5, 0.6) is 0 Å². The summed E-state index contributed by atoms with van der Waals surface area (Å²) in [7, 11) is 0. The number of rotatable bonds is 71. The summed E-state index contributed by atoms with van der Waals surface area (Å²) in [4.78, 5) is 0. The molecule has 0 spiro atoms. The van der Waals surface area contributed by atoms with Crippen LogP contribution in [0.3, 0.4) is 0 Å². The summed E-state index contributed by atoms with van der Waals surface area (Å²) in [5.41, 5.74) is 7.58. The second-order valence-corrected chi connectivity index (χ2v) is 32.9. The van der Waals surface area contributed by atoms with Crippen molar-refractivity contribution >= 4 is 0 Å². The minimum atomic E-state index is 0. The normalized spacial score (nSPS) is 12.7. The van der Waals surface area contributed by atoms with Crippen molar-refractivity contribution in [2.24, 2.45) is 28.6 Å². The second-order valence-electron chi connectivity index (χ2n) is 32.9. The molecule has 0 amide bonds. The van der Waals surface area contributed by atoms with Gasteiger partial charge in [0.25, 0.3) is 0 Å². The molecule has 0 nitrogen and oxygen atoms in total. The first-order valence-corrected chi connectivity index (χ1v) is 44.1. The van der Waals surface area contributed by atoms with Crippen molar-refractivity contribution in [2.45, 2.75) is 521 Å². The van der Waals surface area contributed by atoms with Gasteiger partial charge in [-0.3, -0.25) is 0 Å². The van der Waals surface area contributed by atoms with Gasteiger partial charge in [-0.2, -0.15) is 0 Å². The Morgan fingerprint density at radius 3 is 0.701 bits per heavy atom. The average Bonchev–Trinajstić information content (AvgIpc) is 0.790. The molecule has 0 aliphatic carbocycles. The van der Waals surface area contributed by atoms with E-state index in [0.29, 0.717) is 17.3 Å². The Balaban J connectivity index is -0.000000214. The first-order chi connectivity index (χ1) is 45.8. The summed E-state index contributed by atoms with van der Waals surface area (Å²) in [5, 5.41) is 0. The molecule has 0 heterocycles. The Kier molecular flexibility index (Phi) is 95.9. The Morgan fingerprint density at radius 1 is 0.289 bits per heavy atom. The number of unbranched alkanes of at least 4 members (excludes halogenated alkanes) is 52. The predicted molar refractivity (Wildman–Crippen MR) is 448 cm³/mol. The summed E-state index contributed by atoms with van der Waals surface area (Å²) in [6.07, 6.45) is 91.3. The van der Waals surface area contributed by atoms with E-state index in [-0.39, 0.29) is 67.4 Å². The van der Waals surface area contributed by atoms with E-state index < -0.39 is 0 Å². The van der Waals surface area contributed by atoms with Crippen LogP contribution in [0.2, 0.25) is 0 Å². The zero-order valence-corrected chi connectivity index (χ0v) is 75.7. The first-order valence-electron chi connectivity index (χ1n) is 44.1. The van der Waals surface area contributed by atoms with Crippen molar-refractivity contribution in [3.63, 3.8) is 0 Å². The van der Waals surface area contributed by atoms with E-state index in [9.17, 15) is 0 Å². The maximum atomic E-state index is 4.76. The fraction of sp³-hybridized carbons (Fsp3) is 0.895. The summed E-state index contributed by atoms with van der Waals surface area (Å²) in [6.45, 7) is 56.6. The number of allylic oxidation sites excluding steroid dienone is 5. The molecule has 0 radical (unpaired) electrons. The maximum Gasteiger partial charge on any atom is 1.00 e. The van der Waals surface area contributed by atoms with Gasteiger partial charge < -0.3 is 2.85 Å². The van der Waals surface area contributed by atoms with Gasteiger partial charge in [0.15, 0.2) is 0 Å². The molecule has 0 bridgehead atoms. The van der Waals surface area contributed by atoms with Crippen LogP contribution in [-0.4, -0.2) is 0 Å². The van der Waals surface area contributed by atoms with Gasteiger partial charge in [-0.1, -0.05) is 491 Å². The third kappa shape index (κ3) is 80.6. The molecule has 0 aromatic heterocycles. The fourth-order valence-electron chi connectivity index (χ4n) is 14.0. The molecule has 0 fully saturated rings. The molecule has 0 rings (SSSR count). The van der Waals surface area contributed by atoms with Crippen LogP contribution in [0.1, 0.15) is 524 Å². The molecular weight excluding hydrogens is 1190 g/mol. The molecule has 0 aromatic carbocycles. The molecule has 0 N–H and O–H groups in total. The van der Waals surface area contributed by atoms with Crippen LogP contribution in [0, 0.1) is 28.6 Å². The first kappa shape index (κ1) is 109. The number of hydrogen-bond donors (Lipinski definition) is 0. The quantitative estimate of drug-likeness (QED) is 0.0323. The van der Waals surface area contributed by atoms with E-state index in [4.69, 9.17) is 6.58 Å². The Bertz CT molecular complexity index is 1600. The topological polar surface area (TPSA) is 0 Å². The molecule has 0 aromatic rings. The Hall–Kier alpha value is 0.700. The third-order valence-electron chi connectivity index (χ3n) is 22.8. The van der Waals surface area contributed by atoms with Crippen molar-refractivity contribution < 1.29 is 62.0 Å². The van der Waals surface area contributed by atoms with Crippen LogP contribution in [0.4, 0.5) is 0 Å². The van der Waals surface area contributed by atoms with E-state index >= 15 is 0 Å². The minimum Gasteiger partial charge on any atom is -1.00 e. The molecule has 0 saturated carbocycles. The molecule has 0 aliphatic rings. The van der Waals surface area contributed by atoms with Crippen molar-refractivity contribution in [1.29, 1.82) is 0 Å². The summed E-state index contributed by atoms with van der Waals surface area (Å²) < 4.78 is 0. The van der Waals surface area contributed by atoms with E-state index in [1.54, 1.807) is 0 Å². The zero-order valence-electron chi connectivity index (χ0n) is 73.7. The monoisotopic (exact) mass is 1380 g/mol. The predicted octanol–water partition coefficient (Wildman–Crippen LogP) is 30.4. The minimum absolute atomic E-state index is 0. The maximum absolute atomic E-state index is 4.76. The zero-order chi connectivity index (χ0) is 71.6. The van der Waals surface area contributed by atoms with Crippen LogP contribution in [0.15, 0.2) is 60.8 Å². The van der Waals surface area contributed by atoms with Gasteiger partial charge in [-0.25, -0.2) is 0 Å². The molecule has 4 atom stereocenters. The molecule has 0 aliphatic heterocycles. The standard InChI is InChI=1S/C46H88.C20H40.C18H36.C11H24.2Na.2H/c1-10-13-15-17-19-21-23-25-26-28-30-32-34-36-38-40-43(6)46(9,44(7)41(4)12-3)45(8)42(5)39-37-35-33-31-29-27-24-22-20-18-16-14-11-2;1-4-5-6-7-8-9-10-11-12-13-14-15-16-17-18-19-20(2)3;1-4-5-6-7-8-9-10-11-12-13-14-15-16-17-18(2)3;1-6-10(3)8-9-11(4,5)7-2;;;;/h44-45H,4-6,10-40H2,1-3,7-9H3;2,4-19H2,1,3H3;2,4-17H2,1,3H3;10H,6-9H2,1-5H3;;;;/q;;;;2*+1;2*-1. The fourth-order valence-corrected chi connectivity index (χ4v) is 14.0. The smallest absolute Gasteiger partial charge is 1.00 e. The van der Waals surface area contributed by atoms with Gasteiger partial charge in [0.05, 0.1) is 0 Å². The number of hydrogen-bond acceptors (Lipinski definition) is 0. The van der Waals surface area contributed by atoms with Gasteiger partial charge in [0.1, 0.15) is 0 Å². The van der Waals surface area contributed by atoms with Crippen LogP contribution in [-0.2, 0) is 0 Å². The van der Waals surface area contributed by atoms with Gasteiger partial charge in [-0.05, 0) is 101 Å². The Morgan fingerprint density at radius 2 is 0.495 bits per heavy atom. The summed E-state index contributed by atoms with van der Waals surface area (Å²) in [6, 6.07) is 0. The largest absolute Gasteiger partial charge is 1.00 e. The van der Waals surface area contributed by atoms with Crippen molar-refractivity contribution in [1.82, 2.24) is 0 Å². The van der Waals surface area contributed by atoms with E-state index in [1.807, 2.05) is 0 Å². The van der Waals surface area contributed by atoms with Gasteiger partial charge >= 0.3 is 59.1 Å². The van der Waals surface area contributed by atoms with Gasteiger partial charge in [-0.15, -0.1) is 13.2 Å². The molecular formula is C95H190Na2. The van der Waals surface area contributed by atoms with E-state index in [2.05, 4.69) is 130 Å². The van der Waals surface area contributed by atoms with Crippen LogP contribution < -0.4 is 59.1 Å². The van der Waals surface area contributed by atoms with Crippen LogP contribution in [0.25, 0.3) is 0 Å². The van der Waals surface area contributed by atoms with Crippen molar-refractivity contribution in [3.8, 4) is 0 Å². The third-order valence-corrected chi connectivity index (χ3v) is 22.8. The van der Waals surface area contributed by atoms with E-state index in [1.165, 1.54) is 432 Å². The van der Waals surface area contributed by atoms with Gasteiger partial charge in [0, 0.05) is 5.41 Å². The molecule has 572 valence electrons. The molecule has 0 saturated heterocycles. The van der Waals surface area contributed by atoms with Crippen molar-refractivity contribution in [2.75, 3.05) is 0 Å². The average molecular weight is 1380 g/mol. The molecule has 2 heteroatoms. The van der Waals surface area contributed by atoms with Gasteiger partial charge in [0.2, 0.25) is 0 Å².